The van der Waals surface area contributed by atoms with Gasteiger partial charge < -0.3 is 0 Å². The molecule has 16 heavy (non-hydrogen) atoms. The number of nitrogen functional groups attached to an aromatic ring is 1. The van der Waals surface area contributed by atoms with Crippen LogP contribution in [0.5, 0.6) is 0 Å². The molecule has 0 aliphatic heterocycles. The fourth-order valence-electron chi connectivity index (χ4n) is 1.13. The quantitative estimate of drug-likeness (QED) is 0.465. The molecule has 0 saturated heterocycles. The summed E-state index contributed by atoms with van der Waals surface area (Å²) in [6.07, 6.45) is 1.55. The largest absolute Gasteiger partial charge is 0.290 e. The van der Waals surface area contributed by atoms with E-state index < -0.39 is 0 Å². The third-order valence-electron chi connectivity index (χ3n) is 1.92. The predicted octanol–water partition coefficient (Wildman–Crippen LogP) is 1.57. The van der Waals surface area contributed by atoms with E-state index in [4.69, 9.17) is 5.84 Å². The minimum atomic E-state index is -0.311. The summed E-state index contributed by atoms with van der Waals surface area (Å²) < 4.78 is 0. The van der Waals surface area contributed by atoms with Gasteiger partial charge in [-0.2, -0.15) is 11.8 Å². The van der Waals surface area contributed by atoms with Gasteiger partial charge in [0.15, 0.2) is 0 Å². The van der Waals surface area contributed by atoms with E-state index in [9.17, 15) is 4.79 Å². The van der Waals surface area contributed by atoms with Gasteiger partial charge in [0.1, 0.15) is 0 Å². The third kappa shape index (κ3) is 4.20. The Labute approximate surface area is 100.0 Å². The molecule has 0 aromatic carbocycles. The molecule has 0 atom stereocenters. The van der Waals surface area contributed by atoms with E-state index in [0.717, 1.165) is 17.2 Å². The molecule has 0 bridgehead atoms. The van der Waals surface area contributed by atoms with Gasteiger partial charge in [0.25, 0.3) is 5.91 Å². The zero-order valence-corrected chi connectivity index (χ0v) is 10.4. The van der Waals surface area contributed by atoms with Gasteiger partial charge in [-0.3, -0.25) is 15.2 Å². The molecule has 1 rings (SSSR count). The highest BCUT2D eigenvalue weighted by atomic mass is 32.2. The molecule has 5 heteroatoms. The molecule has 1 amide bonds. The first-order chi connectivity index (χ1) is 7.63. The van der Waals surface area contributed by atoms with E-state index in [1.54, 1.807) is 12.3 Å². The highest BCUT2D eigenvalue weighted by molar-refractivity contribution is 7.98. The minimum absolute atomic E-state index is 0.311. The van der Waals surface area contributed by atoms with Crippen molar-refractivity contribution in [2.24, 2.45) is 11.8 Å². The molecule has 0 aliphatic rings. The first-order valence-corrected chi connectivity index (χ1v) is 6.32. The summed E-state index contributed by atoms with van der Waals surface area (Å²) in [6, 6.07) is 3.60. The first-order valence-electron chi connectivity index (χ1n) is 5.17. The maximum absolute atomic E-state index is 11.1. The van der Waals surface area contributed by atoms with Gasteiger partial charge in [0.2, 0.25) is 0 Å². The third-order valence-corrected chi connectivity index (χ3v) is 3.32. The second-order valence-corrected chi connectivity index (χ2v) is 4.95. The van der Waals surface area contributed by atoms with Crippen LogP contribution in [0.4, 0.5) is 0 Å². The van der Waals surface area contributed by atoms with E-state index in [2.05, 4.69) is 24.3 Å². The van der Waals surface area contributed by atoms with E-state index >= 15 is 0 Å². The molecule has 1 aromatic heterocycles. The molecule has 0 radical (unpaired) electrons. The zero-order chi connectivity index (χ0) is 12.0. The van der Waals surface area contributed by atoms with E-state index in [-0.39, 0.29) is 5.91 Å². The lowest BCUT2D eigenvalue weighted by atomic mass is 10.2. The fourth-order valence-corrected chi connectivity index (χ4v) is 2.10. The van der Waals surface area contributed by atoms with Crippen molar-refractivity contribution in [2.75, 3.05) is 5.75 Å². The van der Waals surface area contributed by atoms with Crippen LogP contribution in [0.15, 0.2) is 18.3 Å². The molecule has 4 nitrogen and oxygen atoms in total. The number of thioether (sulfide) groups is 1. The molecular weight excluding hydrogens is 222 g/mol. The fraction of sp³-hybridized carbons (Fsp3) is 0.455. The summed E-state index contributed by atoms with van der Waals surface area (Å²) in [6.45, 7) is 4.38. The maximum Gasteiger partial charge on any atom is 0.266 e. The average Bonchev–Trinajstić information content (AvgIpc) is 2.28. The summed E-state index contributed by atoms with van der Waals surface area (Å²) in [4.78, 5) is 15.4. The molecule has 0 fully saturated rings. The zero-order valence-electron chi connectivity index (χ0n) is 9.56. The van der Waals surface area contributed by atoms with Gasteiger partial charge in [-0.25, -0.2) is 5.84 Å². The molecule has 0 saturated carbocycles. The van der Waals surface area contributed by atoms with E-state index in [0.29, 0.717) is 11.5 Å². The molecular formula is C11H17N3OS. The summed E-state index contributed by atoms with van der Waals surface area (Å²) in [7, 11) is 0. The Hall–Kier alpha value is -1.07. The number of carbonyl (C=O) groups excluding carboxylic acids is 1. The van der Waals surface area contributed by atoms with Gasteiger partial charge in [0.05, 0.1) is 11.3 Å². The van der Waals surface area contributed by atoms with Gasteiger partial charge in [-0.15, -0.1) is 0 Å². The van der Waals surface area contributed by atoms with E-state index in [1.807, 2.05) is 17.8 Å². The van der Waals surface area contributed by atoms with Crippen LogP contribution in [0.2, 0.25) is 0 Å². The normalized spacial score (nSPS) is 10.5. The van der Waals surface area contributed by atoms with Crippen molar-refractivity contribution in [3.8, 4) is 0 Å². The lowest BCUT2D eigenvalue weighted by Crippen LogP contribution is -2.30. The Balaban J connectivity index is 2.48. The second-order valence-electron chi connectivity index (χ2n) is 3.92. The van der Waals surface area contributed by atoms with Crippen molar-refractivity contribution in [3.63, 3.8) is 0 Å². The number of hydrogen-bond acceptors (Lipinski definition) is 4. The standard InChI is InChI=1S/C11H17N3OS/c1-8(2)6-16-7-10-4-3-9(5-13-10)11(15)14-12/h3-5,8H,6-7,12H2,1-2H3,(H,14,15). The Morgan fingerprint density at radius 2 is 2.31 bits per heavy atom. The topological polar surface area (TPSA) is 68.0 Å². The van der Waals surface area contributed by atoms with E-state index in [1.165, 1.54) is 0 Å². The van der Waals surface area contributed by atoms with Crippen molar-refractivity contribution < 1.29 is 4.79 Å². The Kier molecular flexibility index (Phi) is 5.28. The van der Waals surface area contributed by atoms with Crippen molar-refractivity contribution in [1.82, 2.24) is 10.4 Å². The number of hydrogen-bond donors (Lipinski definition) is 2. The van der Waals surface area contributed by atoms with Crippen LogP contribution in [0.3, 0.4) is 0 Å². The number of rotatable bonds is 5. The number of carbonyl (C=O) groups is 1. The van der Waals surface area contributed by atoms with Crippen molar-refractivity contribution >= 4 is 17.7 Å². The predicted molar refractivity (Wildman–Crippen MR) is 66.9 cm³/mol. The highest BCUT2D eigenvalue weighted by Crippen LogP contribution is 2.13. The number of hydrazine groups is 1. The van der Waals surface area contributed by atoms with Crippen molar-refractivity contribution in [1.29, 1.82) is 0 Å². The van der Waals surface area contributed by atoms with Crippen LogP contribution in [-0.4, -0.2) is 16.6 Å². The summed E-state index contributed by atoms with van der Waals surface area (Å²) in [5, 5.41) is 0. The molecule has 0 unspecified atom stereocenters. The van der Waals surface area contributed by atoms with Crippen LogP contribution >= 0.6 is 11.8 Å². The number of nitrogens with one attached hydrogen (secondary N) is 1. The first kappa shape index (κ1) is 13.0. The SMILES string of the molecule is CC(C)CSCc1ccc(C(=O)NN)cn1. The van der Waals surface area contributed by atoms with Crippen molar-refractivity contribution in [2.45, 2.75) is 19.6 Å². The summed E-state index contributed by atoms with van der Waals surface area (Å²) in [5.41, 5.74) is 3.55. The van der Waals surface area contributed by atoms with Crippen LogP contribution in [0, 0.1) is 5.92 Å². The van der Waals surface area contributed by atoms with Gasteiger partial charge in [-0.05, 0) is 23.8 Å². The van der Waals surface area contributed by atoms with Gasteiger partial charge in [-0.1, -0.05) is 13.8 Å². The van der Waals surface area contributed by atoms with Gasteiger partial charge in [0, 0.05) is 11.9 Å². The van der Waals surface area contributed by atoms with Crippen LogP contribution in [0.25, 0.3) is 0 Å². The molecule has 1 aromatic rings. The number of amides is 1. The summed E-state index contributed by atoms with van der Waals surface area (Å²) >= 11 is 1.85. The number of aromatic nitrogens is 1. The Bertz CT molecular complexity index is 338. The lowest BCUT2D eigenvalue weighted by molar-refractivity contribution is 0.0953. The smallest absolute Gasteiger partial charge is 0.266 e. The lowest BCUT2D eigenvalue weighted by Gasteiger charge is -2.04. The van der Waals surface area contributed by atoms with Gasteiger partial charge >= 0.3 is 0 Å². The molecule has 88 valence electrons. The maximum atomic E-state index is 11.1. The highest BCUT2D eigenvalue weighted by Gasteiger charge is 2.04. The number of nitrogens with zero attached hydrogens (tertiary/aromatic N) is 1. The van der Waals surface area contributed by atoms with Crippen LogP contribution in [-0.2, 0) is 5.75 Å². The monoisotopic (exact) mass is 239 g/mol. The summed E-state index contributed by atoms with van der Waals surface area (Å²) in [5.74, 6) is 7.40. The Morgan fingerprint density at radius 1 is 1.56 bits per heavy atom. The number of nitrogens with two attached hydrogens (primary N) is 1. The van der Waals surface area contributed by atoms with Crippen LogP contribution in [0.1, 0.15) is 29.9 Å². The second kappa shape index (κ2) is 6.50. The minimum Gasteiger partial charge on any atom is -0.290 e. The average molecular weight is 239 g/mol. The molecule has 1 heterocycles. The molecule has 0 spiro atoms. The molecule has 3 N–H and O–H groups in total. The Morgan fingerprint density at radius 3 is 2.81 bits per heavy atom. The number of pyridine rings is 1. The van der Waals surface area contributed by atoms with Crippen LogP contribution < -0.4 is 11.3 Å². The van der Waals surface area contributed by atoms with Crippen molar-refractivity contribution in [3.05, 3.63) is 29.6 Å². The molecule has 0 aliphatic carbocycles.